The maximum absolute atomic E-state index is 12.4. The van der Waals surface area contributed by atoms with Crippen molar-refractivity contribution < 1.29 is 14.3 Å². The Bertz CT molecular complexity index is 513. The van der Waals surface area contributed by atoms with E-state index < -0.39 is 18.2 Å². The second-order valence-corrected chi connectivity index (χ2v) is 4.73. The molecule has 1 aromatic heterocycles. The number of carboxylic acid groups (broad SMARTS) is 1. The molecule has 0 bridgehead atoms. The van der Waals surface area contributed by atoms with Gasteiger partial charge in [-0.3, -0.25) is 9.69 Å². The molecule has 0 aromatic carbocycles. The summed E-state index contributed by atoms with van der Waals surface area (Å²) >= 11 is 0. The van der Waals surface area contributed by atoms with Crippen LogP contribution in [0.15, 0.2) is 23.1 Å². The molecule has 5 nitrogen and oxygen atoms in total. The van der Waals surface area contributed by atoms with E-state index >= 15 is 0 Å². The number of hydrogen-bond donors (Lipinski definition) is 1. The summed E-state index contributed by atoms with van der Waals surface area (Å²) in [5.41, 5.74) is -0.702. The third-order valence-corrected chi connectivity index (χ3v) is 3.48. The number of aromatic nitrogens is 1. The van der Waals surface area contributed by atoms with Gasteiger partial charge in [-0.05, 0) is 31.5 Å². The number of piperidine rings is 1. The van der Waals surface area contributed by atoms with Gasteiger partial charge in [0.2, 0.25) is 0 Å². The quantitative estimate of drug-likeness (QED) is 0.890. The molecule has 104 valence electrons. The van der Waals surface area contributed by atoms with E-state index in [2.05, 4.69) is 0 Å². The average molecular weight is 268 g/mol. The van der Waals surface area contributed by atoms with E-state index in [0.29, 0.717) is 13.1 Å². The number of aromatic carboxylic acids is 1. The predicted octanol–water partition coefficient (Wildman–Crippen LogP) is 1.15. The SMILES string of the molecule is O=C(O)c1cccn(C2CCCN(CCF)C2)c1=O. The normalized spacial score (nSPS) is 20.4. The highest BCUT2D eigenvalue weighted by atomic mass is 19.1. The largest absolute Gasteiger partial charge is 0.477 e. The molecule has 19 heavy (non-hydrogen) atoms. The molecule has 1 fully saturated rings. The first-order valence-corrected chi connectivity index (χ1v) is 6.36. The van der Waals surface area contributed by atoms with Crippen LogP contribution in [0.2, 0.25) is 0 Å². The van der Waals surface area contributed by atoms with Gasteiger partial charge in [0.15, 0.2) is 0 Å². The minimum atomic E-state index is -1.21. The first-order chi connectivity index (χ1) is 9.13. The Morgan fingerprint density at radius 2 is 2.32 bits per heavy atom. The van der Waals surface area contributed by atoms with Crippen LogP contribution in [-0.4, -0.2) is 46.9 Å². The summed E-state index contributed by atoms with van der Waals surface area (Å²) in [4.78, 5) is 25.0. The Labute approximate surface area is 110 Å². The fourth-order valence-corrected chi connectivity index (χ4v) is 2.54. The molecule has 0 amide bonds. The van der Waals surface area contributed by atoms with Gasteiger partial charge in [0, 0.05) is 25.3 Å². The first kappa shape index (κ1) is 13.7. The lowest BCUT2D eigenvalue weighted by molar-refractivity contribution is 0.0693. The van der Waals surface area contributed by atoms with E-state index in [9.17, 15) is 14.0 Å². The lowest BCUT2D eigenvalue weighted by atomic mass is 10.1. The van der Waals surface area contributed by atoms with E-state index in [4.69, 9.17) is 5.11 Å². The van der Waals surface area contributed by atoms with Crippen molar-refractivity contribution in [2.75, 3.05) is 26.3 Å². The summed E-state index contributed by atoms with van der Waals surface area (Å²) in [5, 5.41) is 8.95. The van der Waals surface area contributed by atoms with Crippen molar-refractivity contribution >= 4 is 5.97 Å². The lowest BCUT2D eigenvalue weighted by Gasteiger charge is -2.33. The molecule has 2 rings (SSSR count). The zero-order chi connectivity index (χ0) is 13.8. The number of nitrogens with zero attached hydrogens (tertiary/aromatic N) is 2. The minimum absolute atomic E-state index is 0.0768. The molecule has 0 radical (unpaired) electrons. The molecule has 1 aromatic rings. The van der Waals surface area contributed by atoms with Gasteiger partial charge in [-0.15, -0.1) is 0 Å². The monoisotopic (exact) mass is 268 g/mol. The van der Waals surface area contributed by atoms with Gasteiger partial charge in [-0.1, -0.05) is 0 Å². The lowest BCUT2D eigenvalue weighted by Crippen LogP contribution is -2.41. The van der Waals surface area contributed by atoms with Gasteiger partial charge >= 0.3 is 5.97 Å². The Balaban J connectivity index is 2.24. The van der Waals surface area contributed by atoms with Gasteiger partial charge in [0.1, 0.15) is 12.2 Å². The highest BCUT2D eigenvalue weighted by Crippen LogP contribution is 2.19. The van der Waals surface area contributed by atoms with Crippen LogP contribution >= 0.6 is 0 Å². The molecule has 1 aliphatic heterocycles. The highest BCUT2D eigenvalue weighted by Gasteiger charge is 2.23. The van der Waals surface area contributed by atoms with Crippen molar-refractivity contribution in [2.24, 2.45) is 0 Å². The van der Waals surface area contributed by atoms with Crippen LogP contribution in [0.3, 0.4) is 0 Å². The topological polar surface area (TPSA) is 62.5 Å². The maximum atomic E-state index is 12.4. The summed E-state index contributed by atoms with van der Waals surface area (Å²) < 4.78 is 13.8. The van der Waals surface area contributed by atoms with Crippen LogP contribution < -0.4 is 5.56 Å². The molecule has 0 aliphatic carbocycles. The van der Waals surface area contributed by atoms with Crippen LogP contribution in [0.1, 0.15) is 29.2 Å². The fourth-order valence-electron chi connectivity index (χ4n) is 2.54. The molecule has 2 heterocycles. The summed E-state index contributed by atoms with van der Waals surface area (Å²) in [6, 6.07) is 2.80. The summed E-state index contributed by atoms with van der Waals surface area (Å²) in [6.07, 6.45) is 3.30. The first-order valence-electron chi connectivity index (χ1n) is 6.36. The second kappa shape index (κ2) is 5.97. The van der Waals surface area contributed by atoms with Gasteiger partial charge in [-0.25, -0.2) is 9.18 Å². The van der Waals surface area contributed by atoms with Crippen LogP contribution in [-0.2, 0) is 0 Å². The molecule has 6 heteroatoms. The Morgan fingerprint density at radius 3 is 3.00 bits per heavy atom. The van der Waals surface area contributed by atoms with Crippen LogP contribution in [0.25, 0.3) is 0 Å². The Kier molecular flexibility index (Phi) is 4.31. The Hall–Kier alpha value is -1.69. The number of likely N-dealkylation sites (tertiary alicyclic amines) is 1. The Morgan fingerprint density at radius 1 is 1.53 bits per heavy atom. The summed E-state index contributed by atoms with van der Waals surface area (Å²) in [5.74, 6) is -1.21. The maximum Gasteiger partial charge on any atom is 0.341 e. The van der Waals surface area contributed by atoms with Crippen LogP contribution in [0, 0.1) is 0 Å². The smallest absolute Gasteiger partial charge is 0.341 e. The number of alkyl halides is 1. The molecule has 0 spiro atoms. The molecule has 1 N–H and O–H groups in total. The number of hydrogen-bond acceptors (Lipinski definition) is 3. The molecule has 1 atom stereocenters. The number of carbonyl (C=O) groups is 1. The molecule has 1 unspecified atom stereocenters. The van der Waals surface area contributed by atoms with Crippen LogP contribution in [0.5, 0.6) is 0 Å². The third kappa shape index (κ3) is 3.01. The number of carboxylic acids is 1. The van der Waals surface area contributed by atoms with Gasteiger partial charge < -0.3 is 9.67 Å². The molecular formula is C13H17FN2O3. The van der Waals surface area contributed by atoms with E-state index in [1.807, 2.05) is 4.90 Å². The average Bonchev–Trinajstić information content (AvgIpc) is 2.39. The standard InChI is InChI=1S/C13H17FN2O3/c14-5-8-15-6-1-3-10(9-15)16-7-2-4-11(12(16)17)13(18)19/h2,4,7,10H,1,3,5-6,8-9H2,(H,18,19). The van der Waals surface area contributed by atoms with Crippen molar-refractivity contribution in [1.82, 2.24) is 9.47 Å². The summed E-state index contributed by atoms with van der Waals surface area (Å²) in [6.45, 7) is 1.38. The summed E-state index contributed by atoms with van der Waals surface area (Å²) in [7, 11) is 0. The van der Waals surface area contributed by atoms with Crippen molar-refractivity contribution in [3.63, 3.8) is 0 Å². The van der Waals surface area contributed by atoms with Gasteiger partial charge in [0.25, 0.3) is 5.56 Å². The minimum Gasteiger partial charge on any atom is -0.477 e. The second-order valence-electron chi connectivity index (χ2n) is 4.73. The highest BCUT2D eigenvalue weighted by molar-refractivity contribution is 5.86. The molecular weight excluding hydrogens is 251 g/mol. The van der Waals surface area contributed by atoms with Gasteiger partial charge in [-0.2, -0.15) is 0 Å². The van der Waals surface area contributed by atoms with Crippen molar-refractivity contribution in [3.05, 3.63) is 34.2 Å². The zero-order valence-electron chi connectivity index (χ0n) is 10.6. The number of halogens is 1. The third-order valence-electron chi connectivity index (χ3n) is 3.48. The fraction of sp³-hybridized carbons (Fsp3) is 0.538. The van der Waals surface area contributed by atoms with Gasteiger partial charge in [0.05, 0.1) is 0 Å². The molecule has 1 saturated heterocycles. The van der Waals surface area contributed by atoms with E-state index in [0.717, 1.165) is 19.4 Å². The van der Waals surface area contributed by atoms with Crippen molar-refractivity contribution in [3.8, 4) is 0 Å². The predicted molar refractivity (Wildman–Crippen MR) is 68.3 cm³/mol. The van der Waals surface area contributed by atoms with E-state index in [-0.39, 0.29) is 11.6 Å². The van der Waals surface area contributed by atoms with Crippen LogP contribution in [0.4, 0.5) is 4.39 Å². The number of rotatable bonds is 4. The molecule has 1 aliphatic rings. The van der Waals surface area contributed by atoms with E-state index in [1.54, 1.807) is 12.3 Å². The zero-order valence-corrected chi connectivity index (χ0v) is 10.6. The van der Waals surface area contributed by atoms with Crippen molar-refractivity contribution in [1.29, 1.82) is 0 Å². The van der Waals surface area contributed by atoms with E-state index in [1.165, 1.54) is 10.6 Å². The van der Waals surface area contributed by atoms with Crippen molar-refractivity contribution in [2.45, 2.75) is 18.9 Å². The number of pyridine rings is 1. The molecule has 0 saturated carbocycles.